The van der Waals surface area contributed by atoms with Crippen LogP contribution in [-0.4, -0.2) is 72.5 Å². The Bertz CT molecular complexity index is 793. The number of fused-ring (bicyclic) bond motifs is 5. The van der Waals surface area contributed by atoms with Crippen LogP contribution in [0.15, 0.2) is 11.6 Å². The first kappa shape index (κ1) is 23.0. The Morgan fingerprint density at radius 2 is 1.52 bits per heavy atom. The molecule has 3 nitrogen and oxygen atoms in total. The van der Waals surface area contributed by atoms with E-state index in [1.807, 2.05) is 5.57 Å². The summed E-state index contributed by atoms with van der Waals surface area (Å²) in [6, 6.07) is 1.35. The smallest absolute Gasteiger partial charge is 0.116 e. The number of piperidine rings is 1. The molecule has 5 fully saturated rings. The van der Waals surface area contributed by atoms with E-state index in [1.54, 1.807) is 0 Å². The molecule has 2 heterocycles. The molecule has 0 aromatic heterocycles. The van der Waals surface area contributed by atoms with Gasteiger partial charge in [0.25, 0.3) is 0 Å². The Hall–Kier alpha value is -0.380. The topological polar surface area (TPSA) is 20.2 Å². The Morgan fingerprint density at radius 1 is 0.848 bits per heavy atom. The van der Waals surface area contributed by atoms with Crippen molar-refractivity contribution in [2.75, 3.05) is 40.3 Å². The van der Waals surface area contributed by atoms with Crippen molar-refractivity contribution in [1.82, 2.24) is 0 Å². The lowest BCUT2D eigenvalue weighted by atomic mass is 9.47. The molecule has 6 aliphatic rings. The molecule has 0 aromatic rings. The molecule has 0 aromatic carbocycles. The fraction of sp³-hybridized carbons (Fsp3) is 0.933. The van der Waals surface area contributed by atoms with Crippen LogP contribution in [0.2, 0.25) is 0 Å². The Balaban J connectivity index is 1.26. The maximum Gasteiger partial charge on any atom is 0.116 e. The standard InChI is InChI=1S/C30H52N2O/c1-29-14-12-23(31(3)16-8-9-17-31)20-22(29)10-11-24-25(29)13-15-30(2)26(24)21-27(28(30)33)32(4)18-6-5-7-19-32/h10,23-28,33H,5-9,11-21H2,1-4H3/q+2/t23-,24+,25-,26-,27-,28-,29-,30-/m0/s1. The number of hydrogen-bond donors (Lipinski definition) is 1. The van der Waals surface area contributed by atoms with E-state index in [1.165, 1.54) is 108 Å². The molecule has 0 unspecified atom stereocenters. The van der Waals surface area contributed by atoms with Gasteiger partial charge in [0.2, 0.25) is 0 Å². The van der Waals surface area contributed by atoms with Gasteiger partial charge >= 0.3 is 0 Å². The third-order valence-corrected chi connectivity index (χ3v) is 13.2. The van der Waals surface area contributed by atoms with E-state index in [9.17, 15) is 5.11 Å². The zero-order chi connectivity index (χ0) is 23.1. The third kappa shape index (κ3) is 3.30. The molecule has 0 radical (unpaired) electrons. The van der Waals surface area contributed by atoms with Crippen LogP contribution in [0.3, 0.4) is 0 Å². The number of allylic oxidation sites excluding steroid dienone is 1. The predicted octanol–water partition coefficient (Wildman–Crippen LogP) is 5.53. The van der Waals surface area contributed by atoms with Crippen molar-refractivity contribution in [3.05, 3.63) is 11.6 Å². The van der Waals surface area contributed by atoms with E-state index in [4.69, 9.17) is 0 Å². The molecule has 0 amide bonds. The minimum atomic E-state index is -0.0971. The third-order valence-electron chi connectivity index (χ3n) is 13.2. The highest BCUT2D eigenvalue weighted by atomic mass is 16.3. The Labute approximate surface area is 203 Å². The molecule has 0 spiro atoms. The SMILES string of the molecule is C[C@]12CC[C@H]3[C@@H](CC=C4C[C@@H]([N+]5(C)CCCC5)CC[C@@]43C)[C@@H]1C[C@H]([N+]1(C)CCCCC1)[C@@H]2O. The fourth-order valence-electron chi connectivity index (χ4n) is 10.7. The number of aliphatic hydroxyl groups is 1. The van der Waals surface area contributed by atoms with Gasteiger partial charge in [0, 0.05) is 37.5 Å². The molecule has 33 heavy (non-hydrogen) atoms. The second kappa shape index (κ2) is 7.81. The van der Waals surface area contributed by atoms with E-state index >= 15 is 0 Å². The average Bonchev–Trinajstić information content (AvgIpc) is 3.36. The zero-order valence-electron chi connectivity index (χ0n) is 22.2. The molecular weight excluding hydrogens is 404 g/mol. The summed E-state index contributed by atoms with van der Waals surface area (Å²) in [6.45, 7) is 10.6. The molecule has 4 aliphatic carbocycles. The summed E-state index contributed by atoms with van der Waals surface area (Å²) in [6.07, 6.45) is 19.1. The van der Waals surface area contributed by atoms with Crippen molar-refractivity contribution in [2.24, 2.45) is 28.6 Å². The van der Waals surface area contributed by atoms with Gasteiger partial charge in [-0.25, -0.2) is 0 Å². The molecule has 3 heteroatoms. The predicted molar refractivity (Wildman–Crippen MR) is 136 cm³/mol. The summed E-state index contributed by atoms with van der Waals surface area (Å²) in [7, 11) is 5.04. The van der Waals surface area contributed by atoms with Crippen molar-refractivity contribution in [2.45, 2.75) is 109 Å². The minimum absolute atomic E-state index is 0.0971. The van der Waals surface area contributed by atoms with Crippen LogP contribution < -0.4 is 0 Å². The summed E-state index contributed by atoms with van der Waals surface area (Å²) in [5.74, 6) is 2.39. The van der Waals surface area contributed by atoms with Crippen molar-refractivity contribution >= 4 is 0 Å². The van der Waals surface area contributed by atoms with Gasteiger partial charge in [0.15, 0.2) is 0 Å². The maximum atomic E-state index is 11.8. The summed E-state index contributed by atoms with van der Waals surface area (Å²) in [4.78, 5) is 0. The first-order valence-electron chi connectivity index (χ1n) is 14.8. The first-order chi connectivity index (χ1) is 15.7. The number of likely N-dealkylation sites (tertiary alicyclic amines) is 2. The fourth-order valence-corrected chi connectivity index (χ4v) is 10.7. The summed E-state index contributed by atoms with van der Waals surface area (Å²) in [5.41, 5.74) is 2.43. The second-order valence-corrected chi connectivity index (χ2v) is 14.6. The van der Waals surface area contributed by atoms with E-state index < -0.39 is 0 Å². The van der Waals surface area contributed by atoms with Crippen LogP contribution in [-0.2, 0) is 0 Å². The summed E-state index contributed by atoms with van der Waals surface area (Å²) >= 11 is 0. The number of quaternary nitrogens is 2. The lowest BCUT2D eigenvalue weighted by Crippen LogP contribution is -2.59. The number of likely N-dealkylation sites (N-methyl/N-ethyl adjacent to an activating group) is 1. The molecule has 6 rings (SSSR count). The number of hydrogen-bond acceptors (Lipinski definition) is 1. The van der Waals surface area contributed by atoms with Crippen molar-refractivity contribution in [3.8, 4) is 0 Å². The average molecular weight is 457 g/mol. The number of rotatable bonds is 2. The van der Waals surface area contributed by atoms with E-state index in [-0.39, 0.29) is 11.5 Å². The van der Waals surface area contributed by atoms with Gasteiger partial charge < -0.3 is 14.1 Å². The van der Waals surface area contributed by atoms with Crippen molar-refractivity contribution in [3.63, 3.8) is 0 Å². The summed E-state index contributed by atoms with van der Waals surface area (Å²) < 4.78 is 2.51. The molecule has 1 N–H and O–H groups in total. The monoisotopic (exact) mass is 456 g/mol. The van der Waals surface area contributed by atoms with E-state index in [2.05, 4.69) is 34.0 Å². The number of nitrogens with zero attached hydrogens (tertiary/aromatic N) is 2. The first-order valence-corrected chi connectivity index (χ1v) is 14.8. The molecular formula is C30H52N2O+2. The lowest BCUT2D eigenvalue weighted by Gasteiger charge is -2.58. The van der Waals surface area contributed by atoms with Crippen LogP contribution in [0.25, 0.3) is 0 Å². The number of aliphatic hydroxyl groups excluding tert-OH is 1. The maximum absolute atomic E-state index is 11.8. The normalized spacial score (nSPS) is 50.8. The van der Waals surface area contributed by atoms with Crippen LogP contribution >= 0.6 is 0 Å². The molecule has 8 atom stereocenters. The van der Waals surface area contributed by atoms with Crippen LogP contribution in [0.5, 0.6) is 0 Å². The van der Waals surface area contributed by atoms with Gasteiger partial charge in [-0.15, -0.1) is 0 Å². The highest BCUT2D eigenvalue weighted by molar-refractivity contribution is 5.26. The summed E-state index contributed by atoms with van der Waals surface area (Å²) in [5, 5.41) is 11.8. The zero-order valence-corrected chi connectivity index (χ0v) is 22.2. The van der Waals surface area contributed by atoms with E-state index in [0.717, 1.165) is 28.3 Å². The van der Waals surface area contributed by atoms with E-state index in [0.29, 0.717) is 11.5 Å². The van der Waals surface area contributed by atoms with Gasteiger partial charge in [-0.1, -0.05) is 25.5 Å². The lowest BCUT2D eigenvalue weighted by molar-refractivity contribution is -0.940. The second-order valence-electron chi connectivity index (χ2n) is 14.6. The van der Waals surface area contributed by atoms with Crippen molar-refractivity contribution in [1.29, 1.82) is 0 Å². The van der Waals surface area contributed by atoms with Gasteiger partial charge in [0.1, 0.15) is 12.1 Å². The van der Waals surface area contributed by atoms with Crippen LogP contribution in [0.4, 0.5) is 0 Å². The molecule has 2 saturated heterocycles. The molecule has 2 aliphatic heterocycles. The molecule has 0 bridgehead atoms. The Kier molecular flexibility index (Phi) is 5.45. The highest BCUT2D eigenvalue weighted by Gasteiger charge is 2.64. The quantitative estimate of drug-likeness (QED) is 0.428. The highest BCUT2D eigenvalue weighted by Crippen LogP contribution is 2.66. The van der Waals surface area contributed by atoms with Gasteiger partial charge in [-0.2, -0.15) is 0 Å². The van der Waals surface area contributed by atoms with Gasteiger partial charge in [-0.05, 0) is 68.1 Å². The largest absolute Gasteiger partial charge is 0.386 e. The molecule has 186 valence electrons. The van der Waals surface area contributed by atoms with Crippen LogP contribution in [0.1, 0.15) is 90.9 Å². The van der Waals surface area contributed by atoms with Gasteiger partial charge in [0.05, 0.1) is 46.3 Å². The Morgan fingerprint density at radius 3 is 2.24 bits per heavy atom. The van der Waals surface area contributed by atoms with Gasteiger partial charge in [-0.3, -0.25) is 0 Å². The van der Waals surface area contributed by atoms with Crippen molar-refractivity contribution < 1.29 is 14.1 Å². The minimum Gasteiger partial charge on any atom is -0.386 e. The molecule has 3 saturated carbocycles. The van der Waals surface area contributed by atoms with Crippen LogP contribution in [0, 0.1) is 28.6 Å².